The van der Waals surface area contributed by atoms with Gasteiger partial charge in [-0.15, -0.1) is 0 Å². The predicted octanol–water partition coefficient (Wildman–Crippen LogP) is 3.27. The molecular formula is C22H14F3N7O2. The molecule has 2 aromatic carbocycles. The third kappa shape index (κ3) is 3.60. The quantitative estimate of drug-likeness (QED) is 0.423. The Bertz CT molecular complexity index is 1640. The van der Waals surface area contributed by atoms with Crippen LogP contribution in [0.1, 0.15) is 16.1 Å². The van der Waals surface area contributed by atoms with Crippen LogP contribution in [0.25, 0.3) is 22.7 Å². The Kier molecular flexibility index (Phi) is 4.97. The monoisotopic (exact) mass is 465 g/mol. The van der Waals surface area contributed by atoms with Crippen LogP contribution < -0.4 is 10.9 Å². The van der Waals surface area contributed by atoms with Crippen molar-refractivity contribution in [3.8, 4) is 11.6 Å². The highest BCUT2D eigenvalue weighted by molar-refractivity contribution is 6.04. The van der Waals surface area contributed by atoms with Crippen LogP contribution in [0.4, 0.5) is 19.0 Å². The summed E-state index contributed by atoms with van der Waals surface area (Å²) in [4.78, 5) is 32.2. The van der Waals surface area contributed by atoms with Crippen molar-refractivity contribution in [3.05, 3.63) is 93.8 Å². The van der Waals surface area contributed by atoms with Crippen molar-refractivity contribution in [2.75, 3.05) is 5.32 Å². The number of halogens is 3. The molecule has 0 fully saturated rings. The Labute approximate surface area is 188 Å². The Morgan fingerprint density at radius 1 is 1.00 bits per heavy atom. The summed E-state index contributed by atoms with van der Waals surface area (Å²) in [7, 11) is 0. The van der Waals surface area contributed by atoms with Crippen LogP contribution in [-0.2, 0) is 0 Å². The molecule has 3 aromatic heterocycles. The van der Waals surface area contributed by atoms with Crippen LogP contribution in [0.5, 0.6) is 0 Å². The molecule has 0 bridgehead atoms. The number of amides is 1. The van der Waals surface area contributed by atoms with Gasteiger partial charge >= 0.3 is 0 Å². The molecule has 34 heavy (non-hydrogen) atoms. The molecule has 0 aliphatic carbocycles. The van der Waals surface area contributed by atoms with Crippen molar-refractivity contribution in [1.82, 2.24) is 29.5 Å². The third-order valence-electron chi connectivity index (χ3n) is 4.96. The molecule has 0 atom stereocenters. The van der Waals surface area contributed by atoms with E-state index in [9.17, 15) is 22.8 Å². The number of carbonyl (C=O) groups is 1. The van der Waals surface area contributed by atoms with Crippen LogP contribution in [0, 0.1) is 24.4 Å². The second-order valence-corrected chi connectivity index (χ2v) is 7.30. The fraction of sp³-hybridized carbons (Fsp3) is 0.0455. The molecule has 9 nitrogen and oxygen atoms in total. The fourth-order valence-electron chi connectivity index (χ4n) is 3.38. The van der Waals surface area contributed by atoms with E-state index in [1.807, 2.05) is 0 Å². The maximum atomic E-state index is 14.3. The van der Waals surface area contributed by atoms with Gasteiger partial charge in [-0.1, -0.05) is 12.1 Å². The first-order chi connectivity index (χ1) is 16.3. The van der Waals surface area contributed by atoms with Crippen LogP contribution in [-0.4, -0.2) is 35.4 Å². The number of hydrogen-bond donors (Lipinski definition) is 2. The Morgan fingerprint density at radius 3 is 2.56 bits per heavy atom. The van der Waals surface area contributed by atoms with Crippen molar-refractivity contribution in [1.29, 1.82) is 0 Å². The van der Waals surface area contributed by atoms with Crippen molar-refractivity contribution in [2.24, 2.45) is 0 Å². The van der Waals surface area contributed by atoms with Gasteiger partial charge in [0.15, 0.2) is 17.3 Å². The first-order valence-corrected chi connectivity index (χ1v) is 9.88. The lowest BCUT2D eigenvalue weighted by Crippen LogP contribution is -2.19. The van der Waals surface area contributed by atoms with E-state index in [-0.39, 0.29) is 34.1 Å². The minimum atomic E-state index is -1.17. The lowest BCUT2D eigenvalue weighted by atomic mass is 10.2. The largest absolute Gasteiger partial charge is 0.306 e. The molecular weight excluding hydrogens is 451 g/mol. The molecule has 12 heteroatoms. The van der Waals surface area contributed by atoms with Crippen molar-refractivity contribution < 1.29 is 18.0 Å². The van der Waals surface area contributed by atoms with Gasteiger partial charge in [-0.05, 0) is 37.3 Å². The van der Waals surface area contributed by atoms with Gasteiger partial charge in [0, 0.05) is 11.6 Å². The SMILES string of the molecule is Cc1cc(NC(=O)c2ccc(F)c(F)c2)n(-c2nc3c(cnn3-c3ccccc3F)c(=O)[nH]2)n1. The van der Waals surface area contributed by atoms with E-state index in [1.54, 1.807) is 13.0 Å². The summed E-state index contributed by atoms with van der Waals surface area (Å²) in [5.41, 5.74) is -0.0710. The number of para-hydroxylation sites is 1. The molecule has 3 heterocycles. The fourth-order valence-corrected chi connectivity index (χ4v) is 3.38. The van der Waals surface area contributed by atoms with Gasteiger partial charge in [0.2, 0.25) is 5.95 Å². The zero-order valence-corrected chi connectivity index (χ0v) is 17.4. The molecule has 5 rings (SSSR count). The summed E-state index contributed by atoms with van der Waals surface area (Å²) >= 11 is 0. The van der Waals surface area contributed by atoms with Crippen molar-refractivity contribution in [2.45, 2.75) is 6.92 Å². The molecule has 0 aliphatic rings. The number of anilines is 1. The van der Waals surface area contributed by atoms with Gasteiger partial charge in [0.25, 0.3) is 11.5 Å². The summed E-state index contributed by atoms with van der Waals surface area (Å²) in [5, 5.41) is 11.0. The second kappa shape index (κ2) is 7.99. The number of nitrogens with one attached hydrogen (secondary N) is 2. The second-order valence-electron chi connectivity index (χ2n) is 7.30. The van der Waals surface area contributed by atoms with Gasteiger partial charge < -0.3 is 5.32 Å². The van der Waals surface area contributed by atoms with E-state index in [4.69, 9.17) is 0 Å². The van der Waals surface area contributed by atoms with E-state index in [2.05, 4.69) is 25.5 Å². The van der Waals surface area contributed by atoms with Crippen LogP contribution in [0.2, 0.25) is 0 Å². The summed E-state index contributed by atoms with van der Waals surface area (Å²) in [5.74, 6) is -3.53. The number of nitrogens with zero attached hydrogens (tertiary/aromatic N) is 5. The van der Waals surface area contributed by atoms with Gasteiger partial charge in [-0.25, -0.2) is 17.9 Å². The van der Waals surface area contributed by atoms with Crippen LogP contribution >= 0.6 is 0 Å². The number of H-pyrrole nitrogens is 1. The number of aromatic nitrogens is 6. The Morgan fingerprint density at radius 2 is 1.79 bits per heavy atom. The van der Waals surface area contributed by atoms with Gasteiger partial charge in [-0.3, -0.25) is 14.6 Å². The zero-order chi connectivity index (χ0) is 24.0. The lowest BCUT2D eigenvalue weighted by molar-refractivity contribution is 0.102. The van der Waals surface area contributed by atoms with Crippen molar-refractivity contribution in [3.63, 3.8) is 0 Å². The Balaban J connectivity index is 1.59. The highest BCUT2D eigenvalue weighted by Gasteiger charge is 2.19. The minimum Gasteiger partial charge on any atom is -0.306 e. The Hall–Kier alpha value is -4.74. The number of aryl methyl sites for hydroxylation is 1. The van der Waals surface area contributed by atoms with Gasteiger partial charge in [0.1, 0.15) is 22.7 Å². The summed E-state index contributed by atoms with van der Waals surface area (Å²) in [6.45, 7) is 1.64. The van der Waals surface area contributed by atoms with Crippen LogP contribution in [0.15, 0.2) is 59.5 Å². The highest BCUT2D eigenvalue weighted by Crippen LogP contribution is 2.20. The first kappa shape index (κ1) is 21.1. The average Bonchev–Trinajstić information content (AvgIpc) is 3.39. The average molecular weight is 465 g/mol. The smallest absolute Gasteiger partial charge is 0.263 e. The molecule has 0 saturated heterocycles. The molecule has 5 aromatic rings. The summed E-state index contributed by atoms with van der Waals surface area (Å²) in [6.07, 6.45) is 1.26. The molecule has 0 spiro atoms. The number of rotatable bonds is 4. The van der Waals surface area contributed by atoms with Gasteiger partial charge in [0.05, 0.1) is 11.9 Å². The zero-order valence-electron chi connectivity index (χ0n) is 17.4. The molecule has 0 aliphatic heterocycles. The van der Waals surface area contributed by atoms with E-state index < -0.39 is 28.9 Å². The maximum absolute atomic E-state index is 14.3. The standard InChI is InChI=1S/C22H14F3N7O2/c1-11-8-18(27-20(33)12-6-7-14(23)16(25)9-12)32(30-11)22-28-19-13(21(34)29-22)10-26-31(19)17-5-3-2-4-15(17)24/h2-10H,1H3,(H,27,33)(H,28,29,34). The molecule has 0 unspecified atom stereocenters. The van der Waals surface area contributed by atoms with Gasteiger partial charge in [-0.2, -0.15) is 19.9 Å². The number of hydrogen-bond acceptors (Lipinski definition) is 5. The molecule has 0 radical (unpaired) electrons. The number of aromatic amines is 1. The number of carbonyl (C=O) groups excluding carboxylic acids is 1. The number of fused-ring (bicyclic) bond motifs is 1. The van der Waals surface area contributed by atoms with E-state index >= 15 is 0 Å². The van der Waals surface area contributed by atoms with E-state index in [1.165, 1.54) is 35.1 Å². The van der Waals surface area contributed by atoms with E-state index in [0.29, 0.717) is 5.69 Å². The van der Waals surface area contributed by atoms with Crippen molar-refractivity contribution >= 4 is 22.8 Å². The molecule has 170 valence electrons. The normalized spacial score (nSPS) is 11.2. The molecule has 1 amide bonds. The number of benzene rings is 2. The third-order valence-corrected chi connectivity index (χ3v) is 4.96. The maximum Gasteiger partial charge on any atom is 0.263 e. The predicted molar refractivity (Wildman–Crippen MR) is 116 cm³/mol. The minimum absolute atomic E-state index is 0.0647. The summed E-state index contributed by atoms with van der Waals surface area (Å²) in [6, 6.07) is 10.1. The highest BCUT2D eigenvalue weighted by atomic mass is 19.2. The molecule has 0 saturated carbocycles. The topological polar surface area (TPSA) is 110 Å². The summed E-state index contributed by atoms with van der Waals surface area (Å²) < 4.78 is 43.4. The van der Waals surface area contributed by atoms with E-state index in [0.717, 1.165) is 22.9 Å². The molecule has 2 N–H and O–H groups in total. The van der Waals surface area contributed by atoms with Crippen LogP contribution in [0.3, 0.4) is 0 Å². The first-order valence-electron chi connectivity index (χ1n) is 9.88. The lowest BCUT2D eigenvalue weighted by Gasteiger charge is -2.09.